The molecule has 1 heterocycles. The maximum Gasteiger partial charge on any atom is 0.256 e. The monoisotopic (exact) mass is 287 g/mol. The Balaban J connectivity index is 2.53. The average Bonchev–Trinajstić information content (AvgIpc) is 2.61. The van der Waals surface area contributed by atoms with Crippen molar-refractivity contribution >= 4 is 31.6 Å². The van der Waals surface area contributed by atoms with Crippen LogP contribution >= 0.6 is 15.9 Å². The predicted octanol–water partition coefficient (Wildman–Crippen LogP) is 2.28. The largest absolute Gasteiger partial charge is 0.266 e. The highest BCUT2D eigenvalue weighted by Gasteiger charge is 2.27. The van der Waals surface area contributed by atoms with Gasteiger partial charge in [-0.05, 0) is 24.1 Å². The molecule has 1 aromatic rings. The number of sulfonamides is 1. The van der Waals surface area contributed by atoms with E-state index in [2.05, 4.69) is 22.5 Å². The van der Waals surface area contributed by atoms with Gasteiger partial charge in [0.15, 0.2) is 0 Å². The van der Waals surface area contributed by atoms with Gasteiger partial charge < -0.3 is 0 Å². The number of hydrogen-bond donors (Lipinski definition) is 0. The zero-order valence-electron chi connectivity index (χ0n) is 7.98. The van der Waals surface area contributed by atoms with Gasteiger partial charge in [0.1, 0.15) is 0 Å². The van der Waals surface area contributed by atoms with Gasteiger partial charge in [-0.1, -0.05) is 28.6 Å². The van der Waals surface area contributed by atoms with Crippen molar-refractivity contribution in [3.05, 3.63) is 40.2 Å². The molecule has 0 saturated heterocycles. The summed E-state index contributed by atoms with van der Waals surface area (Å²) in [6.07, 6.45) is 0.760. The molecule has 0 bridgehead atoms. The summed E-state index contributed by atoms with van der Waals surface area (Å²) in [5.41, 5.74) is 1.81. The van der Waals surface area contributed by atoms with Crippen LogP contribution < -0.4 is 4.31 Å². The average molecular weight is 288 g/mol. The molecule has 1 aromatic carbocycles. The lowest BCUT2D eigenvalue weighted by atomic mass is 10.2. The maximum absolute atomic E-state index is 11.7. The van der Waals surface area contributed by atoms with Gasteiger partial charge in [0.05, 0.1) is 5.69 Å². The fourth-order valence-corrected chi connectivity index (χ4v) is 3.00. The zero-order valence-corrected chi connectivity index (χ0v) is 10.4. The standard InChI is InChI=1S/C10H10BrNO2S/c1-2-15(13,14)12-6-5-8-3-4-9(11)7-10(8)12/h2-4,7H,1,5-6H2. The van der Waals surface area contributed by atoms with Crippen molar-refractivity contribution in [3.63, 3.8) is 0 Å². The second-order valence-corrected chi connectivity index (χ2v) is 6.03. The molecule has 0 aromatic heterocycles. The van der Waals surface area contributed by atoms with Gasteiger partial charge in [-0.3, -0.25) is 4.31 Å². The molecule has 15 heavy (non-hydrogen) atoms. The van der Waals surface area contributed by atoms with Gasteiger partial charge in [-0.15, -0.1) is 0 Å². The Labute approximate surface area is 97.6 Å². The highest BCUT2D eigenvalue weighted by molar-refractivity contribution is 9.10. The quantitative estimate of drug-likeness (QED) is 0.837. The highest BCUT2D eigenvalue weighted by atomic mass is 79.9. The molecule has 0 fully saturated rings. The van der Waals surface area contributed by atoms with Crippen LogP contribution in [0, 0.1) is 0 Å². The molecule has 0 aliphatic carbocycles. The van der Waals surface area contributed by atoms with Crippen LogP contribution in [0.4, 0.5) is 5.69 Å². The summed E-state index contributed by atoms with van der Waals surface area (Å²) in [5, 5.41) is 0.989. The van der Waals surface area contributed by atoms with Crippen molar-refractivity contribution in [2.45, 2.75) is 6.42 Å². The van der Waals surface area contributed by atoms with Crippen LogP contribution in [0.5, 0.6) is 0 Å². The number of benzene rings is 1. The highest BCUT2D eigenvalue weighted by Crippen LogP contribution is 2.32. The number of fused-ring (bicyclic) bond motifs is 1. The number of anilines is 1. The van der Waals surface area contributed by atoms with Gasteiger partial charge in [-0.2, -0.15) is 0 Å². The van der Waals surface area contributed by atoms with Crippen LogP contribution in [0.3, 0.4) is 0 Å². The second-order valence-electron chi connectivity index (χ2n) is 3.31. The number of hydrogen-bond acceptors (Lipinski definition) is 2. The Hall–Kier alpha value is -0.810. The Morgan fingerprint density at radius 1 is 1.47 bits per heavy atom. The third kappa shape index (κ3) is 1.81. The molecule has 80 valence electrons. The fourth-order valence-electron chi connectivity index (χ4n) is 1.68. The van der Waals surface area contributed by atoms with E-state index in [1.165, 1.54) is 4.31 Å². The molecule has 0 amide bonds. The van der Waals surface area contributed by atoms with E-state index in [-0.39, 0.29) is 0 Å². The molecular formula is C10H10BrNO2S. The van der Waals surface area contributed by atoms with Crippen molar-refractivity contribution in [1.82, 2.24) is 0 Å². The van der Waals surface area contributed by atoms with E-state index in [0.717, 1.165) is 27.6 Å². The lowest BCUT2D eigenvalue weighted by Gasteiger charge is -2.16. The van der Waals surface area contributed by atoms with E-state index in [4.69, 9.17) is 0 Å². The topological polar surface area (TPSA) is 37.4 Å². The van der Waals surface area contributed by atoms with Gasteiger partial charge in [0.25, 0.3) is 10.0 Å². The smallest absolute Gasteiger partial charge is 0.256 e. The molecule has 0 unspecified atom stereocenters. The van der Waals surface area contributed by atoms with Crippen molar-refractivity contribution in [1.29, 1.82) is 0 Å². The molecule has 2 rings (SSSR count). The van der Waals surface area contributed by atoms with E-state index in [0.29, 0.717) is 6.54 Å². The molecule has 0 spiro atoms. The Kier molecular flexibility index (Phi) is 2.60. The third-order valence-corrected chi connectivity index (χ3v) is 4.33. The Morgan fingerprint density at radius 2 is 2.20 bits per heavy atom. The van der Waals surface area contributed by atoms with Crippen LogP contribution in [0.1, 0.15) is 5.56 Å². The predicted molar refractivity (Wildman–Crippen MR) is 64.3 cm³/mol. The molecule has 1 aliphatic heterocycles. The number of halogens is 1. The second kappa shape index (κ2) is 3.64. The summed E-state index contributed by atoms with van der Waals surface area (Å²) in [6, 6.07) is 5.68. The van der Waals surface area contributed by atoms with Crippen LogP contribution in [-0.4, -0.2) is 15.0 Å². The summed E-state index contributed by atoms with van der Waals surface area (Å²) in [5.74, 6) is 0. The minimum Gasteiger partial charge on any atom is -0.266 e. The Morgan fingerprint density at radius 3 is 2.87 bits per heavy atom. The maximum atomic E-state index is 11.7. The first-order chi connectivity index (χ1) is 7.04. The van der Waals surface area contributed by atoms with E-state index in [9.17, 15) is 8.42 Å². The van der Waals surface area contributed by atoms with Crippen LogP contribution in [0.2, 0.25) is 0 Å². The molecule has 0 N–H and O–H groups in total. The molecule has 3 nitrogen and oxygen atoms in total. The molecule has 0 radical (unpaired) electrons. The van der Waals surface area contributed by atoms with Gasteiger partial charge in [0, 0.05) is 16.4 Å². The van der Waals surface area contributed by atoms with Gasteiger partial charge in [-0.25, -0.2) is 8.42 Å². The molecule has 1 aliphatic rings. The van der Waals surface area contributed by atoms with Crippen molar-refractivity contribution < 1.29 is 8.42 Å². The summed E-state index contributed by atoms with van der Waals surface area (Å²) >= 11 is 3.33. The van der Waals surface area contributed by atoms with Crippen LogP contribution in [-0.2, 0) is 16.4 Å². The molecule has 0 saturated carbocycles. The summed E-state index contributed by atoms with van der Waals surface area (Å²) in [6.45, 7) is 3.83. The first-order valence-corrected chi connectivity index (χ1v) is 6.78. The van der Waals surface area contributed by atoms with Crippen molar-refractivity contribution in [2.75, 3.05) is 10.8 Å². The molecule has 5 heteroatoms. The summed E-state index contributed by atoms with van der Waals surface area (Å²) in [7, 11) is -3.35. The van der Waals surface area contributed by atoms with Gasteiger partial charge in [0.2, 0.25) is 0 Å². The van der Waals surface area contributed by atoms with Crippen molar-refractivity contribution in [2.24, 2.45) is 0 Å². The first kappa shape index (κ1) is 10.7. The van der Waals surface area contributed by atoms with E-state index < -0.39 is 10.0 Å². The lowest BCUT2D eigenvalue weighted by Crippen LogP contribution is -2.26. The summed E-state index contributed by atoms with van der Waals surface area (Å²) in [4.78, 5) is 0. The fraction of sp³-hybridized carbons (Fsp3) is 0.200. The van der Waals surface area contributed by atoms with E-state index in [1.807, 2.05) is 18.2 Å². The molecular weight excluding hydrogens is 278 g/mol. The minimum atomic E-state index is -3.35. The first-order valence-electron chi connectivity index (χ1n) is 4.48. The van der Waals surface area contributed by atoms with Gasteiger partial charge >= 0.3 is 0 Å². The summed E-state index contributed by atoms with van der Waals surface area (Å²) < 4.78 is 25.6. The zero-order chi connectivity index (χ0) is 11.1. The Bertz CT molecular complexity index is 510. The third-order valence-electron chi connectivity index (χ3n) is 2.42. The minimum absolute atomic E-state index is 0.500. The lowest BCUT2D eigenvalue weighted by molar-refractivity contribution is 0.601. The van der Waals surface area contributed by atoms with Crippen LogP contribution in [0.15, 0.2) is 34.7 Å². The van der Waals surface area contributed by atoms with E-state index in [1.54, 1.807) is 0 Å². The normalized spacial score (nSPS) is 15.1. The van der Waals surface area contributed by atoms with E-state index >= 15 is 0 Å². The number of nitrogens with zero attached hydrogens (tertiary/aromatic N) is 1. The van der Waals surface area contributed by atoms with Crippen LogP contribution in [0.25, 0.3) is 0 Å². The SMILES string of the molecule is C=CS(=O)(=O)N1CCc2ccc(Br)cc21. The number of rotatable bonds is 2. The van der Waals surface area contributed by atoms with Crippen molar-refractivity contribution in [3.8, 4) is 0 Å². The molecule has 0 atom stereocenters.